The first-order valence-electron chi connectivity index (χ1n) is 17.9. The number of carboxylic acid groups (broad SMARTS) is 1. The molecule has 4 fully saturated rings. The highest BCUT2D eigenvalue weighted by atomic mass is 19.4. The second-order valence-corrected chi connectivity index (χ2v) is 15.6. The van der Waals surface area contributed by atoms with Crippen molar-refractivity contribution in [1.82, 2.24) is 5.32 Å². The number of rotatable bonds is 11. The van der Waals surface area contributed by atoms with E-state index in [0.29, 0.717) is 12.8 Å². The number of halogens is 5. The number of nitrogens with one attached hydrogen (secondary N) is 1. The molecule has 1 heterocycles. The predicted molar refractivity (Wildman–Crippen MR) is 178 cm³/mol. The molecule has 0 bridgehead atoms. The number of aliphatic hydroxyl groups excluding tert-OH is 2. The number of ether oxygens (including phenoxy) is 3. The molecule has 1 aliphatic heterocycles. The van der Waals surface area contributed by atoms with Gasteiger partial charge < -0.3 is 40.6 Å². The van der Waals surface area contributed by atoms with Crippen molar-refractivity contribution >= 4 is 29.4 Å². The fraction of sp³-hybridized carbons (Fsp3) is 0.750. The van der Waals surface area contributed by atoms with E-state index in [1.54, 1.807) is 6.92 Å². The van der Waals surface area contributed by atoms with Crippen LogP contribution in [-0.4, -0.2) is 112 Å². The number of hydrogen-bond donors (Lipinski definition) is 5. The molecule has 0 aromatic rings. The molecule has 4 aliphatic carbocycles. The first-order valence-corrected chi connectivity index (χ1v) is 17.9. The molecule has 18 heteroatoms. The Morgan fingerprint density at radius 2 is 1.78 bits per heavy atom. The van der Waals surface area contributed by atoms with E-state index in [9.17, 15) is 42.6 Å². The zero-order valence-corrected chi connectivity index (χ0v) is 30.7. The average molecular weight is 781 g/mol. The topological polar surface area (TPSA) is 212 Å². The lowest BCUT2D eigenvalue weighted by atomic mass is 9.44. The number of carbonyl (C=O) groups is 5. The van der Waals surface area contributed by atoms with Crippen LogP contribution in [0, 0.1) is 28.6 Å². The molecule has 12 atom stereocenters. The van der Waals surface area contributed by atoms with Crippen molar-refractivity contribution in [3.05, 3.63) is 23.8 Å². The maximum atomic E-state index is 17.7. The van der Waals surface area contributed by atoms with Crippen LogP contribution in [-0.2, 0) is 38.2 Å². The van der Waals surface area contributed by atoms with Gasteiger partial charge in [-0.15, -0.1) is 0 Å². The smallest absolute Gasteiger partial charge is 0.475 e. The monoisotopic (exact) mass is 780 g/mol. The van der Waals surface area contributed by atoms with E-state index in [0.717, 1.165) is 6.08 Å². The minimum Gasteiger partial charge on any atom is -0.475 e. The minimum atomic E-state index is -5.08. The number of aliphatic carboxylic acids is 1. The Bertz CT molecular complexity index is 1560. The van der Waals surface area contributed by atoms with Crippen LogP contribution in [0.1, 0.15) is 73.1 Å². The molecule has 13 nitrogen and oxygen atoms in total. The third-order valence-electron chi connectivity index (χ3n) is 11.8. The lowest BCUT2D eigenvalue weighted by Crippen LogP contribution is -2.71. The Morgan fingerprint density at radius 3 is 2.33 bits per heavy atom. The molecule has 1 saturated heterocycles. The zero-order valence-electron chi connectivity index (χ0n) is 30.7. The molecule has 304 valence electrons. The highest BCUT2D eigenvalue weighted by Gasteiger charge is 2.80. The van der Waals surface area contributed by atoms with Crippen molar-refractivity contribution in [2.45, 2.75) is 127 Å². The van der Waals surface area contributed by atoms with Gasteiger partial charge in [-0.1, -0.05) is 40.2 Å². The maximum absolute atomic E-state index is 17.7. The van der Waals surface area contributed by atoms with Gasteiger partial charge in [0.25, 0.3) is 0 Å². The Morgan fingerprint density at radius 1 is 1.15 bits per heavy atom. The number of fused-ring (bicyclic) bond motifs is 7. The molecule has 0 aromatic carbocycles. The SMILES string of the molecule is CCCC1O[C@@H]2C[C@H]3[C@@H]4C[C@H](F)C5=CC(=O)C=C[C@]5(C)[C@@]4(F)[C@@H](O)C[C@]3(C)[C@]2(C(=O)COC(=O)[C@H](CC(C)C)NC(=O)[C@@H](N)CO)O1.O=C(O)C(F)(F)F. The minimum absolute atomic E-state index is 0.000735. The number of carboxylic acids is 1. The van der Waals surface area contributed by atoms with Crippen LogP contribution in [0.4, 0.5) is 22.0 Å². The first-order chi connectivity index (χ1) is 24.9. The fourth-order valence-corrected chi connectivity index (χ4v) is 9.28. The van der Waals surface area contributed by atoms with Crippen LogP contribution in [0.25, 0.3) is 0 Å². The van der Waals surface area contributed by atoms with E-state index in [-0.39, 0.29) is 37.2 Å². The second kappa shape index (κ2) is 15.7. The molecule has 3 saturated carbocycles. The second-order valence-electron chi connectivity index (χ2n) is 15.6. The number of Topliss-reactive ketones (excluding diaryl/α,β-unsaturated/α-hetero) is 1. The van der Waals surface area contributed by atoms with Crippen molar-refractivity contribution in [2.75, 3.05) is 13.2 Å². The lowest BCUT2D eigenvalue weighted by molar-refractivity contribution is -0.235. The molecule has 1 amide bonds. The number of alkyl halides is 5. The third kappa shape index (κ3) is 7.35. The highest BCUT2D eigenvalue weighted by molar-refractivity contribution is 6.01. The van der Waals surface area contributed by atoms with E-state index in [4.69, 9.17) is 29.8 Å². The van der Waals surface area contributed by atoms with Gasteiger partial charge in [-0.3, -0.25) is 14.4 Å². The van der Waals surface area contributed by atoms with Crippen LogP contribution in [0.15, 0.2) is 23.8 Å². The summed E-state index contributed by atoms with van der Waals surface area (Å²) in [5, 5.41) is 30.6. The molecule has 5 aliphatic rings. The van der Waals surface area contributed by atoms with E-state index < -0.39 is 119 Å². The molecular weight excluding hydrogens is 731 g/mol. The van der Waals surface area contributed by atoms with Gasteiger partial charge in [0.2, 0.25) is 11.7 Å². The molecular formula is C36H49F5N2O11. The normalized spacial score (nSPS) is 37.7. The Labute approximate surface area is 308 Å². The number of nitrogens with two attached hydrogens (primary N) is 1. The van der Waals surface area contributed by atoms with Crippen LogP contribution in [0.3, 0.4) is 0 Å². The van der Waals surface area contributed by atoms with Gasteiger partial charge in [-0.2, -0.15) is 13.2 Å². The molecule has 5 rings (SSSR count). The summed E-state index contributed by atoms with van der Waals surface area (Å²) in [7, 11) is 0. The quantitative estimate of drug-likeness (QED) is 0.151. The molecule has 1 unspecified atom stereocenters. The van der Waals surface area contributed by atoms with Gasteiger partial charge in [0.15, 0.2) is 29.9 Å². The van der Waals surface area contributed by atoms with Gasteiger partial charge in [-0.05, 0) is 68.6 Å². The predicted octanol–water partition coefficient (Wildman–Crippen LogP) is 2.79. The van der Waals surface area contributed by atoms with Crippen molar-refractivity contribution in [3.63, 3.8) is 0 Å². The Balaban J connectivity index is 0.000000845. The summed E-state index contributed by atoms with van der Waals surface area (Å²) in [5.74, 6) is -7.25. The summed E-state index contributed by atoms with van der Waals surface area (Å²) >= 11 is 0. The lowest BCUT2D eigenvalue weighted by Gasteiger charge is -2.63. The number of aliphatic hydroxyl groups is 2. The van der Waals surface area contributed by atoms with Gasteiger partial charge in [-0.25, -0.2) is 18.4 Å². The fourth-order valence-electron chi connectivity index (χ4n) is 9.28. The van der Waals surface area contributed by atoms with Crippen LogP contribution >= 0.6 is 0 Å². The number of hydrogen-bond acceptors (Lipinski definition) is 11. The number of carbonyl (C=O) groups excluding carboxylic acids is 4. The van der Waals surface area contributed by atoms with E-state index in [1.165, 1.54) is 19.1 Å². The van der Waals surface area contributed by atoms with E-state index >= 15 is 8.78 Å². The maximum Gasteiger partial charge on any atom is 0.490 e. The summed E-state index contributed by atoms with van der Waals surface area (Å²) in [5.41, 5.74) is -1.31. The zero-order chi connectivity index (χ0) is 40.8. The standard InChI is InChI=1S/C34H48F2N2O9.C2HF3O2/c1-6-7-28-46-27-13-19-20-12-22(35)21-11-18(40)8-9-31(21,4)33(20,36)25(41)14-32(19,5)34(27,47-28)26(42)16-45-30(44)24(10-17(2)3)38-29(43)23(37)15-39;3-2(4,5)1(6)7/h8-9,11,17,19-20,22-25,27-28,39,41H,6-7,10,12-16,37H2,1-5H3,(H,38,43);(H,6,7)/t19-,20-,22-,23-,24-,25-,27+,28?,31-,32-,33-,34+;/m0./s1. The summed E-state index contributed by atoms with van der Waals surface area (Å²) < 4.78 is 83.5. The molecule has 0 aromatic heterocycles. The highest BCUT2D eigenvalue weighted by Crippen LogP contribution is 2.72. The average Bonchev–Trinajstić information content (AvgIpc) is 3.56. The van der Waals surface area contributed by atoms with Crippen molar-refractivity contribution in [1.29, 1.82) is 0 Å². The number of amides is 1. The largest absolute Gasteiger partial charge is 0.490 e. The van der Waals surface area contributed by atoms with E-state index in [2.05, 4.69) is 5.32 Å². The van der Waals surface area contributed by atoms with Crippen molar-refractivity contribution in [3.8, 4) is 0 Å². The number of ketones is 2. The summed E-state index contributed by atoms with van der Waals surface area (Å²) in [6.45, 7) is 7.44. The van der Waals surface area contributed by atoms with Gasteiger partial charge >= 0.3 is 18.1 Å². The number of allylic oxidation sites excluding steroid dienone is 4. The van der Waals surface area contributed by atoms with Crippen LogP contribution in [0.5, 0.6) is 0 Å². The molecule has 0 spiro atoms. The molecule has 6 N–H and O–H groups in total. The molecule has 0 radical (unpaired) electrons. The third-order valence-corrected chi connectivity index (χ3v) is 11.8. The summed E-state index contributed by atoms with van der Waals surface area (Å²) in [6.07, 6.45) is -5.43. The van der Waals surface area contributed by atoms with Crippen LogP contribution in [0.2, 0.25) is 0 Å². The van der Waals surface area contributed by atoms with Crippen LogP contribution < -0.4 is 11.1 Å². The summed E-state index contributed by atoms with van der Waals surface area (Å²) in [4.78, 5) is 61.1. The molecule has 54 heavy (non-hydrogen) atoms. The Kier molecular flexibility index (Phi) is 12.6. The van der Waals surface area contributed by atoms with Crippen molar-refractivity contribution in [2.24, 2.45) is 34.3 Å². The first kappa shape index (κ1) is 43.4. The van der Waals surface area contributed by atoms with Gasteiger partial charge in [0.1, 0.15) is 18.3 Å². The van der Waals surface area contributed by atoms with Gasteiger partial charge in [0.05, 0.1) is 18.8 Å². The van der Waals surface area contributed by atoms with Gasteiger partial charge in [0, 0.05) is 16.7 Å². The summed E-state index contributed by atoms with van der Waals surface area (Å²) in [6, 6.07) is -2.40. The van der Waals surface area contributed by atoms with Crippen molar-refractivity contribution < 1.29 is 75.5 Å². The van der Waals surface area contributed by atoms with E-state index in [1.807, 2.05) is 20.8 Å². The Hall–Kier alpha value is -3.32. The number of esters is 1.